The Labute approximate surface area is 163 Å². The summed E-state index contributed by atoms with van der Waals surface area (Å²) in [5, 5.41) is 3.13. The molecule has 2 aromatic rings. The van der Waals surface area contributed by atoms with Gasteiger partial charge in [-0.25, -0.2) is 9.78 Å². The minimum atomic E-state index is -0.357. The average Bonchev–Trinajstić information content (AvgIpc) is 2.74. The zero-order valence-electron chi connectivity index (χ0n) is 15.6. The molecule has 146 valence electrons. The fourth-order valence-corrected chi connectivity index (χ4v) is 2.86. The number of amides is 2. The molecule has 0 spiro atoms. The summed E-state index contributed by atoms with van der Waals surface area (Å²) in [5.74, 6) is 0.138. The number of anilines is 2. The van der Waals surface area contributed by atoms with Gasteiger partial charge in [0, 0.05) is 38.1 Å². The highest BCUT2D eigenvalue weighted by atomic mass is 16.5. The summed E-state index contributed by atoms with van der Waals surface area (Å²) in [4.78, 5) is 42.6. The van der Waals surface area contributed by atoms with Crippen molar-refractivity contribution in [3.05, 3.63) is 53.7 Å². The van der Waals surface area contributed by atoms with Gasteiger partial charge in [-0.2, -0.15) is 0 Å². The van der Waals surface area contributed by atoms with Crippen molar-refractivity contribution in [1.82, 2.24) is 14.8 Å². The van der Waals surface area contributed by atoms with Crippen LogP contribution in [0.25, 0.3) is 0 Å². The third-order valence-electron chi connectivity index (χ3n) is 4.43. The van der Waals surface area contributed by atoms with E-state index in [1.54, 1.807) is 53.1 Å². The first-order valence-electron chi connectivity index (χ1n) is 9.09. The monoisotopic (exact) mass is 382 g/mol. The number of nitrogens with zero attached hydrogens (tertiary/aromatic N) is 3. The van der Waals surface area contributed by atoms with E-state index in [2.05, 4.69) is 10.3 Å². The molecule has 1 fully saturated rings. The first-order chi connectivity index (χ1) is 13.6. The maximum atomic E-state index is 12.5. The number of carbonyl (C=O) groups is 3. The van der Waals surface area contributed by atoms with Gasteiger partial charge in [-0.3, -0.25) is 9.59 Å². The lowest BCUT2D eigenvalue weighted by Gasteiger charge is -2.32. The summed E-state index contributed by atoms with van der Waals surface area (Å²) in [6.45, 7) is 4.22. The second-order valence-corrected chi connectivity index (χ2v) is 6.29. The normalized spacial score (nSPS) is 13.8. The Morgan fingerprint density at radius 3 is 2.32 bits per heavy atom. The number of piperazine rings is 1. The van der Waals surface area contributed by atoms with Gasteiger partial charge in [-0.05, 0) is 43.3 Å². The molecule has 0 unspecified atom stereocenters. The Balaban J connectivity index is 1.59. The van der Waals surface area contributed by atoms with Crippen molar-refractivity contribution < 1.29 is 19.1 Å². The first-order valence-corrected chi connectivity index (χ1v) is 9.09. The molecule has 8 nitrogen and oxygen atoms in total. The molecular weight excluding hydrogens is 360 g/mol. The number of carbonyl (C=O) groups excluding carboxylic acids is 3. The maximum absolute atomic E-state index is 12.5. The van der Waals surface area contributed by atoms with Crippen molar-refractivity contribution in [3.63, 3.8) is 0 Å². The van der Waals surface area contributed by atoms with E-state index in [1.807, 2.05) is 0 Å². The van der Waals surface area contributed by atoms with Gasteiger partial charge in [0.2, 0.25) is 6.41 Å². The van der Waals surface area contributed by atoms with Crippen LogP contribution in [0.15, 0.2) is 42.6 Å². The lowest BCUT2D eigenvalue weighted by atomic mass is 10.2. The number of hydrogen-bond acceptors (Lipinski definition) is 6. The van der Waals surface area contributed by atoms with Crippen molar-refractivity contribution in [2.45, 2.75) is 6.92 Å². The van der Waals surface area contributed by atoms with Gasteiger partial charge in [0.05, 0.1) is 17.7 Å². The molecule has 28 heavy (non-hydrogen) atoms. The zero-order chi connectivity index (χ0) is 19.9. The van der Waals surface area contributed by atoms with E-state index >= 15 is 0 Å². The molecule has 1 aliphatic heterocycles. The van der Waals surface area contributed by atoms with Gasteiger partial charge in [0.1, 0.15) is 5.82 Å². The van der Waals surface area contributed by atoms with E-state index in [0.717, 1.165) is 12.1 Å². The topological polar surface area (TPSA) is 91.8 Å². The van der Waals surface area contributed by atoms with Crippen LogP contribution in [0.4, 0.5) is 11.5 Å². The van der Waals surface area contributed by atoms with Crippen LogP contribution in [0.1, 0.15) is 27.6 Å². The number of benzene rings is 1. The average molecular weight is 382 g/mol. The molecule has 8 heteroatoms. The Morgan fingerprint density at radius 1 is 1.07 bits per heavy atom. The van der Waals surface area contributed by atoms with Crippen LogP contribution < -0.4 is 5.32 Å². The first kappa shape index (κ1) is 19.3. The van der Waals surface area contributed by atoms with Gasteiger partial charge in [0.25, 0.3) is 5.91 Å². The highest BCUT2D eigenvalue weighted by molar-refractivity contribution is 5.94. The van der Waals surface area contributed by atoms with Crippen molar-refractivity contribution in [2.24, 2.45) is 0 Å². The number of rotatable bonds is 6. The van der Waals surface area contributed by atoms with Gasteiger partial charge in [-0.1, -0.05) is 0 Å². The number of nitrogens with one attached hydrogen (secondary N) is 1. The molecule has 2 amide bonds. The lowest BCUT2D eigenvalue weighted by Crippen LogP contribution is -2.48. The molecule has 0 bridgehead atoms. The molecule has 0 saturated carbocycles. The number of hydrogen-bond donors (Lipinski definition) is 1. The minimum Gasteiger partial charge on any atom is -0.462 e. The number of pyridine rings is 1. The predicted octanol–water partition coefficient (Wildman–Crippen LogP) is 1.92. The van der Waals surface area contributed by atoms with Crippen molar-refractivity contribution >= 4 is 29.8 Å². The van der Waals surface area contributed by atoms with E-state index in [9.17, 15) is 14.4 Å². The summed E-state index contributed by atoms with van der Waals surface area (Å²) in [6, 6.07) is 10.3. The third kappa shape index (κ3) is 4.64. The summed E-state index contributed by atoms with van der Waals surface area (Å²) in [6.07, 6.45) is 2.34. The summed E-state index contributed by atoms with van der Waals surface area (Å²) < 4.78 is 4.96. The van der Waals surface area contributed by atoms with Gasteiger partial charge < -0.3 is 19.9 Å². The summed E-state index contributed by atoms with van der Waals surface area (Å²) in [7, 11) is 0. The second-order valence-electron chi connectivity index (χ2n) is 6.29. The Morgan fingerprint density at radius 2 is 1.75 bits per heavy atom. The van der Waals surface area contributed by atoms with Crippen molar-refractivity contribution in [3.8, 4) is 0 Å². The molecule has 2 heterocycles. The van der Waals surface area contributed by atoms with E-state index in [-0.39, 0.29) is 11.9 Å². The molecule has 1 aromatic carbocycles. The molecular formula is C20H22N4O4. The molecule has 0 atom stereocenters. The smallest absolute Gasteiger partial charge is 0.338 e. The number of ether oxygens (including phenoxy) is 1. The van der Waals surface area contributed by atoms with Crippen LogP contribution in [0.3, 0.4) is 0 Å². The quantitative estimate of drug-likeness (QED) is 0.606. The minimum absolute atomic E-state index is 0.0941. The molecule has 1 aromatic heterocycles. The zero-order valence-corrected chi connectivity index (χ0v) is 15.6. The van der Waals surface area contributed by atoms with E-state index in [4.69, 9.17) is 4.74 Å². The highest BCUT2D eigenvalue weighted by Gasteiger charge is 2.21. The SMILES string of the molecule is CCOC(=O)c1ccc(Nc2ccc(C(=O)N3CCN(C=O)CC3)cn2)cc1. The highest BCUT2D eigenvalue weighted by Crippen LogP contribution is 2.17. The fraction of sp³-hybridized carbons (Fsp3) is 0.300. The third-order valence-corrected chi connectivity index (χ3v) is 4.43. The summed E-state index contributed by atoms with van der Waals surface area (Å²) >= 11 is 0. The molecule has 1 aliphatic rings. The van der Waals surface area contributed by atoms with Crippen LogP contribution in [0.2, 0.25) is 0 Å². The Kier molecular flexibility index (Phi) is 6.21. The molecule has 1 saturated heterocycles. The maximum Gasteiger partial charge on any atom is 0.338 e. The largest absolute Gasteiger partial charge is 0.462 e. The van der Waals surface area contributed by atoms with Gasteiger partial charge in [0.15, 0.2) is 0 Å². The molecule has 1 N–H and O–H groups in total. The van der Waals surface area contributed by atoms with Gasteiger partial charge >= 0.3 is 5.97 Å². The van der Waals surface area contributed by atoms with Crippen LogP contribution >= 0.6 is 0 Å². The van der Waals surface area contributed by atoms with Crippen LogP contribution in [-0.4, -0.2) is 65.9 Å². The molecule has 3 rings (SSSR count). The summed E-state index contributed by atoms with van der Waals surface area (Å²) in [5.41, 5.74) is 1.75. The van der Waals surface area contributed by atoms with Crippen molar-refractivity contribution in [2.75, 3.05) is 38.1 Å². The van der Waals surface area contributed by atoms with Crippen molar-refractivity contribution in [1.29, 1.82) is 0 Å². The molecule has 0 aliphatic carbocycles. The van der Waals surface area contributed by atoms with E-state index < -0.39 is 0 Å². The van der Waals surface area contributed by atoms with Crippen LogP contribution in [0.5, 0.6) is 0 Å². The Hall–Kier alpha value is -3.42. The van der Waals surface area contributed by atoms with Crippen LogP contribution in [0, 0.1) is 0 Å². The standard InChI is InChI=1S/C20H22N4O4/c1-2-28-20(27)15-3-6-17(7-4-15)22-18-8-5-16(13-21-18)19(26)24-11-9-23(14-25)10-12-24/h3-8,13-14H,2,9-12H2,1H3,(H,21,22). The van der Waals surface area contributed by atoms with E-state index in [1.165, 1.54) is 6.20 Å². The Bertz CT molecular complexity index is 828. The molecule has 0 radical (unpaired) electrons. The number of esters is 1. The lowest BCUT2D eigenvalue weighted by molar-refractivity contribution is -0.119. The van der Waals surface area contributed by atoms with Crippen LogP contribution in [-0.2, 0) is 9.53 Å². The second kappa shape index (κ2) is 8.98. The van der Waals surface area contributed by atoms with E-state index in [0.29, 0.717) is 49.7 Å². The fourth-order valence-electron chi connectivity index (χ4n) is 2.86. The number of aromatic nitrogens is 1. The predicted molar refractivity (Wildman–Crippen MR) is 103 cm³/mol. The van der Waals surface area contributed by atoms with Gasteiger partial charge in [-0.15, -0.1) is 0 Å².